The molecule has 0 saturated heterocycles. The Morgan fingerprint density at radius 1 is 0.714 bits per heavy atom. The fraction of sp³-hybridized carbons (Fsp3) is 0. The summed E-state index contributed by atoms with van der Waals surface area (Å²) >= 11 is 3.31. The van der Waals surface area contributed by atoms with Crippen LogP contribution in [0.3, 0.4) is 0 Å². The van der Waals surface area contributed by atoms with Gasteiger partial charge in [-0.15, -0.1) is 0 Å². The fourth-order valence-electron chi connectivity index (χ4n) is 2.68. The summed E-state index contributed by atoms with van der Waals surface area (Å²) in [5, 5.41) is 18.3. The highest BCUT2D eigenvalue weighted by atomic mass is 79.9. The minimum atomic E-state index is 0.302. The number of nitrogens with zero attached hydrogens (tertiary/aromatic N) is 5. The highest BCUT2D eigenvalue weighted by Crippen LogP contribution is 2.31. The Balaban J connectivity index is 1.93. The predicted molar refractivity (Wildman–Crippen MR) is 106 cm³/mol. The Kier molecular flexibility index (Phi) is 4.67. The minimum absolute atomic E-state index is 0.302. The maximum atomic E-state index is 9.14. The summed E-state index contributed by atoms with van der Waals surface area (Å²) in [5.74, 6) is 0.643. The summed E-state index contributed by atoms with van der Waals surface area (Å²) in [5.41, 5.74) is 3.64. The second-order valence-electron chi connectivity index (χ2n) is 5.77. The molecule has 0 aliphatic rings. The molecule has 132 valence electrons. The standard InChI is InChI=1S/C21H10BrN5O/c22-21-8-7-20(28-21)13-9-18(16-5-1-3-14(11-23)25-16)27-19(10-13)17-6-2-4-15(12-24)26-17/h1-10H. The first-order valence-electron chi connectivity index (χ1n) is 8.19. The van der Waals surface area contributed by atoms with E-state index in [-0.39, 0.29) is 0 Å². The van der Waals surface area contributed by atoms with E-state index in [0.717, 1.165) is 5.56 Å². The van der Waals surface area contributed by atoms with Gasteiger partial charge >= 0.3 is 0 Å². The molecule has 0 atom stereocenters. The zero-order chi connectivity index (χ0) is 19.5. The average molecular weight is 428 g/mol. The average Bonchev–Trinajstić information content (AvgIpc) is 3.20. The molecule has 4 rings (SSSR count). The number of hydrogen-bond acceptors (Lipinski definition) is 6. The van der Waals surface area contributed by atoms with Crippen LogP contribution in [0.4, 0.5) is 0 Å². The lowest BCUT2D eigenvalue weighted by Gasteiger charge is -2.08. The lowest BCUT2D eigenvalue weighted by molar-refractivity contribution is 0.556. The van der Waals surface area contributed by atoms with E-state index in [1.165, 1.54) is 0 Å². The largest absolute Gasteiger partial charge is 0.449 e. The molecule has 28 heavy (non-hydrogen) atoms. The summed E-state index contributed by atoms with van der Waals surface area (Å²) in [6, 6.07) is 21.7. The van der Waals surface area contributed by atoms with Gasteiger partial charge in [-0.1, -0.05) is 12.1 Å². The van der Waals surface area contributed by atoms with E-state index in [4.69, 9.17) is 14.9 Å². The third-order valence-electron chi connectivity index (χ3n) is 3.94. The lowest BCUT2D eigenvalue weighted by Crippen LogP contribution is -1.95. The molecule has 4 aromatic heterocycles. The van der Waals surface area contributed by atoms with Crippen molar-refractivity contribution in [1.82, 2.24) is 15.0 Å². The van der Waals surface area contributed by atoms with Crippen LogP contribution < -0.4 is 0 Å². The summed E-state index contributed by atoms with van der Waals surface area (Å²) in [6.07, 6.45) is 0. The van der Waals surface area contributed by atoms with E-state index in [0.29, 0.717) is 44.6 Å². The second-order valence-corrected chi connectivity index (χ2v) is 6.55. The van der Waals surface area contributed by atoms with Crippen LogP contribution in [0.2, 0.25) is 0 Å². The monoisotopic (exact) mass is 427 g/mol. The number of halogens is 1. The highest BCUT2D eigenvalue weighted by molar-refractivity contribution is 9.10. The van der Waals surface area contributed by atoms with Gasteiger partial charge in [0, 0.05) is 5.56 Å². The van der Waals surface area contributed by atoms with E-state index in [9.17, 15) is 0 Å². The molecule has 0 spiro atoms. The maximum absolute atomic E-state index is 9.14. The van der Waals surface area contributed by atoms with E-state index in [1.807, 2.05) is 30.3 Å². The molecule has 0 unspecified atom stereocenters. The first kappa shape index (κ1) is 17.6. The van der Waals surface area contributed by atoms with Crippen molar-refractivity contribution in [3.63, 3.8) is 0 Å². The molecule has 4 aromatic rings. The van der Waals surface area contributed by atoms with Crippen molar-refractivity contribution in [3.8, 4) is 46.2 Å². The lowest BCUT2D eigenvalue weighted by atomic mass is 10.1. The van der Waals surface area contributed by atoms with Crippen molar-refractivity contribution in [1.29, 1.82) is 10.5 Å². The smallest absolute Gasteiger partial charge is 0.169 e. The summed E-state index contributed by atoms with van der Waals surface area (Å²) < 4.78 is 6.29. The van der Waals surface area contributed by atoms with Gasteiger partial charge in [0.1, 0.15) is 29.3 Å². The first-order valence-corrected chi connectivity index (χ1v) is 8.98. The van der Waals surface area contributed by atoms with Crippen LogP contribution in [-0.2, 0) is 0 Å². The molecule has 0 aromatic carbocycles. The molecule has 0 fully saturated rings. The number of nitriles is 2. The molecule has 0 bridgehead atoms. The molecule has 0 amide bonds. The van der Waals surface area contributed by atoms with Crippen LogP contribution in [0.25, 0.3) is 34.1 Å². The molecule has 4 heterocycles. The number of hydrogen-bond donors (Lipinski definition) is 0. The van der Waals surface area contributed by atoms with Crippen molar-refractivity contribution >= 4 is 15.9 Å². The predicted octanol–water partition coefficient (Wildman–Crippen LogP) is 4.97. The Morgan fingerprint density at radius 3 is 1.75 bits per heavy atom. The summed E-state index contributed by atoms with van der Waals surface area (Å²) in [7, 11) is 0. The van der Waals surface area contributed by atoms with Crippen molar-refractivity contribution in [3.05, 3.63) is 76.7 Å². The van der Waals surface area contributed by atoms with E-state index in [2.05, 4.69) is 30.9 Å². The Hall–Kier alpha value is -3.81. The van der Waals surface area contributed by atoms with Crippen LogP contribution in [-0.4, -0.2) is 15.0 Å². The van der Waals surface area contributed by atoms with Gasteiger partial charge < -0.3 is 4.42 Å². The first-order chi connectivity index (χ1) is 13.7. The van der Waals surface area contributed by atoms with Gasteiger partial charge in [0.2, 0.25) is 0 Å². The maximum Gasteiger partial charge on any atom is 0.169 e. The molecular formula is C21H10BrN5O. The van der Waals surface area contributed by atoms with Gasteiger partial charge in [0.15, 0.2) is 4.67 Å². The molecular weight excluding hydrogens is 418 g/mol. The fourth-order valence-corrected chi connectivity index (χ4v) is 2.99. The van der Waals surface area contributed by atoms with E-state index in [1.54, 1.807) is 42.5 Å². The summed E-state index contributed by atoms with van der Waals surface area (Å²) in [4.78, 5) is 13.3. The van der Waals surface area contributed by atoms with Gasteiger partial charge in [-0.25, -0.2) is 15.0 Å². The van der Waals surface area contributed by atoms with Crippen molar-refractivity contribution in [2.24, 2.45) is 0 Å². The quantitative estimate of drug-likeness (QED) is 0.457. The zero-order valence-electron chi connectivity index (χ0n) is 14.3. The third-order valence-corrected chi connectivity index (χ3v) is 4.36. The van der Waals surface area contributed by atoms with Gasteiger partial charge in [-0.2, -0.15) is 10.5 Å². The van der Waals surface area contributed by atoms with Crippen LogP contribution >= 0.6 is 15.9 Å². The van der Waals surface area contributed by atoms with Crippen molar-refractivity contribution in [2.45, 2.75) is 0 Å². The minimum Gasteiger partial charge on any atom is -0.449 e. The number of rotatable bonds is 3. The Labute approximate surface area is 168 Å². The topological polar surface area (TPSA) is 99.4 Å². The van der Waals surface area contributed by atoms with E-state index < -0.39 is 0 Å². The molecule has 0 aliphatic carbocycles. The van der Waals surface area contributed by atoms with Gasteiger partial charge in [0.05, 0.1) is 22.8 Å². The van der Waals surface area contributed by atoms with Crippen LogP contribution in [0.5, 0.6) is 0 Å². The Morgan fingerprint density at radius 2 is 1.29 bits per heavy atom. The van der Waals surface area contributed by atoms with Gasteiger partial charge in [-0.05, 0) is 64.5 Å². The third kappa shape index (κ3) is 3.52. The SMILES string of the molecule is N#Cc1cccc(-c2cc(-c3ccc(Br)o3)cc(-c3cccc(C#N)n3)n2)n1. The van der Waals surface area contributed by atoms with Crippen molar-refractivity contribution < 1.29 is 4.42 Å². The molecule has 6 nitrogen and oxygen atoms in total. The molecule has 7 heteroatoms. The van der Waals surface area contributed by atoms with Crippen molar-refractivity contribution in [2.75, 3.05) is 0 Å². The van der Waals surface area contributed by atoms with Crippen LogP contribution in [0.15, 0.2) is 69.8 Å². The van der Waals surface area contributed by atoms with Crippen LogP contribution in [0, 0.1) is 22.7 Å². The molecule has 0 aliphatic heterocycles. The normalized spacial score (nSPS) is 10.2. The molecule has 0 saturated carbocycles. The van der Waals surface area contributed by atoms with Gasteiger partial charge in [0.25, 0.3) is 0 Å². The van der Waals surface area contributed by atoms with Gasteiger partial charge in [-0.3, -0.25) is 0 Å². The molecule has 0 N–H and O–H groups in total. The van der Waals surface area contributed by atoms with Crippen LogP contribution in [0.1, 0.15) is 11.4 Å². The summed E-state index contributed by atoms with van der Waals surface area (Å²) in [6.45, 7) is 0. The second kappa shape index (κ2) is 7.43. The highest BCUT2D eigenvalue weighted by Gasteiger charge is 2.13. The number of aromatic nitrogens is 3. The Bertz CT molecular complexity index is 1190. The molecule has 0 radical (unpaired) electrons. The zero-order valence-corrected chi connectivity index (χ0v) is 15.9. The number of furan rings is 1. The van der Waals surface area contributed by atoms with E-state index >= 15 is 0 Å². The number of pyridine rings is 3.